The third-order valence-corrected chi connectivity index (χ3v) is 3.97. The van der Waals surface area contributed by atoms with Crippen LogP contribution in [0.3, 0.4) is 0 Å². The summed E-state index contributed by atoms with van der Waals surface area (Å²) in [4.78, 5) is 17.6. The number of hydrogen-bond donors (Lipinski definition) is 0. The highest BCUT2D eigenvalue weighted by atomic mass is 32.1. The zero-order valence-electron chi connectivity index (χ0n) is 11.9. The topological polar surface area (TPSA) is 66.2 Å². The van der Waals surface area contributed by atoms with Crippen LogP contribution < -0.4 is 4.90 Å². The van der Waals surface area contributed by atoms with E-state index in [-0.39, 0.29) is 5.97 Å². The number of aryl methyl sites for hydroxylation is 1. The summed E-state index contributed by atoms with van der Waals surface area (Å²) in [6.07, 6.45) is 0.891. The van der Waals surface area contributed by atoms with Gasteiger partial charge in [0.15, 0.2) is 5.13 Å². The number of benzene rings is 1. The first-order valence-electron chi connectivity index (χ1n) is 6.39. The number of rotatable bonds is 5. The normalized spacial score (nSPS) is 9.95. The smallest absolute Gasteiger partial charge is 0.305 e. The summed E-state index contributed by atoms with van der Waals surface area (Å²) in [5, 5.41) is 11.7. The fraction of sp³-hybridized carbons (Fsp3) is 0.267. The van der Waals surface area contributed by atoms with Crippen molar-refractivity contribution in [2.24, 2.45) is 0 Å². The zero-order valence-corrected chi connectivity index (χ0v) is 12.7. The number of methoxy groups -OCH3 is 1. The second-order valence-corrected chi connectivity index (χ2v) is 5.26. The third-order valence-electron chi connectivity index (χ3n) is 3.00. The van der Waals surface area contributed by atoms with Crippen LogP contribution in [0.5, 0.6) is 0 Å². The van der Waals surface area contributed by atoms with Crippen LogP contribution in [0.15, 0.2) is 29.6 Å². The predicted molar refractivity (Wildman–Crippen MR) is 81.7 cm³/mol. The van der Waals surface area contributed by atoms with Crippen LogP contribution in [-0.2, 0) is 16.0 Å². The Balaban J connectivity index is 2.09. The van der Waals surface area contributed by atoms with E-state index in [1.807, 2.05) is 35.5 Å². The number of hydrogen-bond acceptors (Lipinski definition) is 6. The lowest BCUT2D eigenvalue weighted by molar-refractivity contribution is -0.140. The lowest BCUT2D eigenvalue weighted by Crippen LogP contribution is -2.09. The van der Waals surface area contributed by atoms with Gasteiger partial charge in [-0.2, -0.15) is 5.26 Å². The van der Waals surface area contributed by atoms with Crippen LogP contribution in [0.2, 0.25) is 0 Å². The molecule has 2 rings (SSSR count). The van der Waals surface area contributed by atoms with Crippen molar-refractivity contribution in [3.63, 3.8) is 0 Å². The van der Waals surface area contributed by atoms with E-state index in [1.54, 1.807) is 6.07 Å². The first-order valence-corrected chi connectivity index (χ1v) is 7.27. The molecule has 0 aliphatic carbocycles. The highest BCUT2D eigenvalue weighted by Gasteiger charge is 2.11. The van der Waals surface area contributed by atoms with Gasteiger partial charge in [-0.15, -0.1) is 11.3 Å². The van der Waals surface area contributed by atoms with E-state index in [2.05, 4.69) is 15.8 Å². The minimum atomic E-state index is -0.236. The molecule has 0 spiro atoms. The molecule has 0 aliphatic heterocycles. The number of nitriles is 1. The predicted octanol–water partition coefficient (Wildman–Crippen LogP) is 2.89. The largest absolute Gasteiger partial charge is 0.469 e. The Morgan fingerprint density at radius 1 is 1.52 bits per heavy atom. The summed E-state index contributed by atoms with van der Waals surface area (Å²) >= 11 is 1.50. The molecule has 0 amide bonds. The van der Waals surface area contributed by atoms with Gasteiger partial charge in [0.25, 0.3) is 0 Å². The van der Waals surface area contributed by atoms with Crippen molar-refractivity contribution in [1.82, 2.24) is 4.98 Å². The number of ether oxygens (including phenoxy) is 1. The van der Waals surface area contributed by atoms with Crippen molar-refractivity contribution in [2.75, 3.05) is 19.1 Å². The molecular weight excluding hydrogens is 286 g/mol. The van der Waals surface area contributed by atoms with E-state index < -0.39 is 0 Å². The van der Waals surface area contributed by atoms with E-state index in [9.17, 15) is 4.79 Å². The molecule has 0 saturated heterocycles. The molecule has 0 bridgehead atoms. The first-order chi connectivity index (χ1) is 10.1. The van der Waals surface area contributed by atoms with Crippen molar-refractivity contribution >= 4 is 28.1 Å². The lowest BCUT2D eigenvalue weighted by atomic mass is 10.2. The quantitative estimate of drug-likeness (QED) is 0.794. The van der Waals surface area contributed by atoms with Crippen molar-refractivity contribution in [3.8, 4) is 6.07 Å². The molecule has 0 saturated carbocycles. The second-order valence-electron chi connectivity index (χ2n) is 4.42. The van der Waals surface area contributed by atoms with Crippen molar-refractivity contribution < 1.29 is 9.53 Å². The average molecular weight is 301 g/mol. The Morgan fingerprint density at radius 3 is 3.05 bits per heavy atom. The van der Waals surface area contributed by atoms with Gasteiger partial charge in [-0.25, -0.2) is 4.98 Å². The molecule has 0 N–H and O–H groups in total. The van der Waals surface area contributed by atoms with Crippen molar-refractivity contribution in [2.45, 2.75) is 12.8 Å². The van der Waals surface area contributed by atoms with E-state index in [0.29, 0.717) is 18.4 Å². The fourth-order valence-electron chi connectivity index (χ4n) is 1.79. The molecule has 0 atom stereocenters. The Kier molecular flexibility index (Phi) is 4.90. The number of carbonyl (C=O) groups is 1. The molecule has 6 heteroatoms. The van der Waals surface area contributed by atoms with E-state index in [4.69, 9.17) is 5.26 Å². The molecule has 1 aromatic heterocycles. The monoisotopic (exact) mass is 301 g/mol. The van der Waals surface area contributed by atoms with Gasteiger partial charge in [0.1, 0.15) is 0 Å². The van der Waals surface area contributed by atoms with E-state index in [0.717, 1.165) is 16.5 Å². The van der Waals surface area contributed by atoms with Crippen LogP contribution in [-0.4, -0.2) is 25.1 Å². The number of anilines is 2. The Morgan fingerprint density at radius 2 is 2.33 bits per heavy atom. The maximum absolute atomic E-state index is 11.1. The van der Waals surface area contributed by atoms with Gasteiger partial charge in [0.05, 0.1) is 30.9 Å². The molecule has 0 fully saturated rings. The van der Waals surface area contributed by atoms with E-state index >= 15 is 0 Å². The summed E-state index contributed by atoms with van der Waals surface area (Å²) in [5.41, 5.74) is 2.38. The third kappa shape index (κ3) is 3.80. The Bertz CT molecular complexity index is 676. The van der Waals surface area contributed by atoms with Gasteiger partial charge < -0.3 is 9.64 Å². The molecule has 1 heterocycles. The van der Waals surface area contributed by atoms with Crippen molar-refractivity contribution in [1.29, 1.82) is 5.26 Å². The average Bonchev–Trinajstić information content (AvgIpc) is 3.00. The summed E-state index contributed by atoms with van der Waals surface area (Å²) in [5.74, 6) is -0.236. The highest BCUT2D eigenvalue weighted by molar-refractivity contribution is 7.13. The molecule has 21 heavy (non-hydrogen) atoms. The SMILES string of the molecule is COC(=O)CCc1csc(N(C)c2cccc(C#N)c2)n1. The minimum absolute atomic E-state index is 0.236. The summed E-state index contributed by atoms with van der Waals surface area (Å²) in [7, 11) is 3.28. The number of esters is 1. The number of thiazole rings is 1. The molecule has 108 valence electrons. The minimum Gasteiger partial charge on any atom is -0.469 e. The molecule has 0 aliphatic rings. The maximum Gasteiger partial charge on any atom is 0.305 e. The zero-order chi connectivity index (χ0) is 15.2. The lowest BCUT2D eigenvalue weighted by Gasteiger charge is -2.15. The van der Waals surface area contributed by atoms with Crippen LogP contribution in [0, 0.1) is 11.3 Å². The highest BCUT2D eigenvalue weighted by Crippen LogP contribution is 2.27. The Hall–Kier alpha value is -2.39. The Labute approximate surface area is 127 Å². The van der Waals surface area contributed by atoms with Crippen LogP contribution in [0.25, 0.3) is 0 Å². The fourth-order valence-corrected chi connectivity index (χ4v) is 2.64. The standard InChI is InChI=1S/C15H15N3O2S/c1-18(13-5-3-4-11(8-13)9-16)15-17-12(10-21-15)6-7-14(19)20-2/h3-5,8,10H,6-7H2,1-2H3. The van der Waals surface area contributed by atoms with Crippen molar-refractivity contribution in [3.05, 3.63) is 40.9 Å². The maximum atomic E-state index is 11.1. The van der Waals surface area contributed by atoms with Crippen LogP contribution in [0.4, 0.5) is 10.8 Å². The van der Waals surface area contributed by atoms with E-state index in [1.165, 1.54) is 18.4 Å². The summed E-state index contributed by atoms with van der Waals surface area (Å²) < 4.78 is 4.62. The van der Waals surface area contributed by atoms with Gasteiger partial charge >= 0.3 is 5.97 Å². The molecule has 0 unspecified atom stereocenters. The first kappa shape index (κ1) is 15.0. The van der Waals surface area contributed by atoms with Gasteiger partial charge in [-0.1, -0.05) is 6.07 Å². The number of carbonyl (C=O) groups excluding carboxylic acids is 1. The molecule has 0 radical (unpaired) electrons. The molecule has 1 aromatic carbocycles. The molecule has 5 nitrogen and oxygen atoms in total. The van der Waals surface area contributed by atoms with Gasteiger partial charge in [0, 0.05) is 24.5 Å². The van der Waals surface area contributed by atoms with Gasteiger partial charge in [0.2, 0.25) is 0 Å². The number of aromatic nitrogens is 1. The van der Waals surface area contributed by atoms with Crippen LogP contribution >= 0.6 is 11.3 Å². The summed E-state index contributed by atoms with van der Waals surface area (Å²) in [6.45, 7) is 0. The van der Waals surface area contributed by atoms with Gasteiger partial charge in [-0.3, -0.25) is 4.79 Å². The molecular formula is C15H15N3O2S. The second kappa shape index (κ2) is 6.86. The van der Waals surface area contributed by atoms with Crippen LogP contribution in [0.1, 0.15) is 17.7 Å². The number of nitrogens with zero attached hydrogens (tertiary/aromatic N) is 3. The van der Waals surface area contributed by atoms with Gasteiger partial charge in [-0.05, 0) is 18.2 Å². The molecule has 2 aromatic rings. The summed E-state index contributed by atoms with van der Waals surface area (Å²) in [6, 6.07) is 9.47.